The Bertz CT molecular complexity index is 1250. The van der Waals surface area contributed by atoms with Crippen LogP contribution in [0.3, 0.4) is 0 Å². The summed E-state index contributed by atoms with van der Waals surface area (Å²) >= 11 is 0. The van der Waals surface area contributed by atoms with Crippen LogP contribution in [-0.2, 0) is 6.54 Å². The van der Waals surface area contributed by atoms with Gasteiger partial charge in [0.05, 0.1) is 23.0 Å². The highest BCUT2D eigenvalue weighted by Gasteiger charge is 2.23. The molecule has 5 nitrogen and oxygen atoms in total. The molecule has 1 aromatic heterocycles. The number of hydrogen-bond acceptors (Lipinski definition) is 4. The molecule has 0 spiro atoms. The average molecular weight is 478 g/mol. The predicted molar refractivity (Wildman–Crippen MR) is 132 cm³/mol. The highest BCUT2D eigenvalue weighted by molar-refractivity contribution is 5.43. The van der Waals surface area contributed by atoms with Crippen LogP contribution in [0.4, 0.5) is 8.78 Å². The van der Waals surface area contributed by atoms with Gasteiger partial charge >= 0.3 is 0 Å². The number of hydrogen-bond donors (Lipinski definition) is 1. The maximum atomic E-state index is 14.5. The SMILES string of the molecule is CCCN(Cc1c(C)nn(-c2ccccc2)c1Oc1ccc(F)cc1F)CC(O)c1ccccc1. The third-order valence-electron chi connectivity index (χ3n) is 5.78. The first kappa shape index (κ1) is 24.6. The first-order valence-electron chi connectivity index (χ1n) is 11.7. The number of ether oxygens (including phenoxy) is 1. The summed E-state index contributed by atoms with van der Waals surface area (Å²) in [6.07, 6.45) is 0.224. The Morgan fingerprint density at radius 3 is 2.34 bits per heavy atom. The fourth-order valence-corrected chi connectivity index (χ4v) is 4.03. The van der Waals surface area contributed by atoms with E-state index >= 15 is 0 Å². The summed E-state index contributed by atoms with van der Waals surface area (Å²) in [6, 6.07) is 22.2. The summed E-state index contributed by atoms with van der Waals surface area (Å²) in [5, 5.41) is 15.5. The van der Waals surface area contributed by atoms with Gasteiger partial charge in [0.15, 0.2) is 11.6 Å². The van der Waals surface area contributed by atoms with E-state index in [1.165, 1.54) is 6.07 Å². The van der Waals surface area contributed by atoms with E-state index in [1.54, 1.807) is 4.68 Å². The van der Waals surface area contributed by atoms with Gasteiger partial charge in [-0.25, -0.2) is 13.5 Å². The van der Waals surface area contributed by atoms with E-state index in [4.69, 9.17) is 4.74 Å². The number of aliphatic hydroxyl groups excluding tert-OH is 1. The molecule has 1 unspecified atom stereocenters. The van der Waals surface area contributed by atoms with Gasteiger partial charge in [0.1, 0.15) is 5.82 Å². The molecule has 0 saturated carbocycles. The lowest BCUT2D eigenvalue weighted by Gasteiger charge is -2.25. The fourth-order valence-electron chi connectivity index (χ4n) is 4.03. The van der Waals surface area contributed by atoms with Crippen molar-refractivity contribution in [3.63, 3.8) is 0 Å². The number of nitrogens with zero attached hydrogens (tertiary/aromatic N) is 3. The number of aryl methyl sites for hydroxylation is 1. The number of para-hydroxylation sites is 1. The van der Waals surface area contributed by atoms with Gasteiger partial charge in [-0.15, -0.1) is 0 Å². The van der Waals surface area contributed by atoms with Crippen LogP contribution in [-0.4, -0.2) is 32.9 Å². The molecule has 0 amide bonds. The number of halogens is 2. The molecule has 0 saturated heterocycles. The third-order valence-corrected chi connectivity index (χ3v) is 5.78. The summed E-state index contributed by atoms with van der Waals surface area (Å²) in [6.45, 7) is 5.55. The second kappa shape index (κ2) is 11.3. The molecule has 7 heteroatoms. The molecule has 0 fully saturated rings. The second-order valence-corrected chi connectivity index (χ2v) is 8.45. The van der Waals surface area contributed by atoms with Crippen molar-refractivity contribution in [3.8, 4) is 17.3 Å². The number of benzene rings is 3. The maximum Gasteiger partial charge on any atom is 0.227 e. The largest absolute Gasteiger partial charge is 0.435 e. The van der Waals surface area contributed by atoms with Gasteiger partial charge < -0.3 is 9.84 Å². The van der Waals surface area contributed by atoms with E-state index < -0.39 is 17.7 Å². The van der Waals surface area contributed by atoms with Gasteiger partial charge in [-0.3, -0.25) is 4.90 Å². The summed E-state index contributed by atoms with van der Waals surface area (Å²) in [5.74, 6) is -1.20. The lowest BCUT2D eigenvalue weighted by molar-refractivity contribution is 0.108. The van der Waals surface area contributed by atoms with Crippen molar-refractivity contribution in [2.75, 3.05) is 13.1 Å². The van der Waals surface area contributed by atoms with E-state index in [0.717, 1.165) is 47.6 Å². The molecular formula is C28H29F2N3O2. The zero-order valence-electron chi connectivity index (χ0n) is 19.9. The molecule has 4 aromatic rings. The van der Waals surface area contributed by atoms with E-state index in [0.29, 0.717) is 19.0 Å². The van der Waals surface area contributed by atoms with Crippen molar-refractivity contribution in [1.29, 1.82) is 0 Å². The van der Waals surface area contributed by atoms with Crippen LogP contribution < -0.4 is 4.74 Å². The Balaban J connectivity index is 1.70. The van der Waals surface area contributed by atoms with Crippen LogP contribution in [0.1, 0.15) is 36.3 Å². The lowest BCUT2D eigenvalue weighted by Crippen LogP contribution is -2.29. The minimum atomic E-state index is -0.792. The average Bonchev–Trinajstić information content (AvgIpc) is 3.16. The molecule has 0 bridgehead atoms. The minimum Gasteiger partial charge on any atom is -0.435 e. The summed E-state index contributed by atoms with van der Waals surface area (Å²) in [7, 11) is 0. The van der Waals surface area contributed by atoms with Crippen molar-refractivity contribution in [2.45, 2.75) is 32.9 Å². The molecule has 1 heterocycles. The standard InChI is InChI=1S/C28H29F2N3O2/c1-3-16-32(19-26(34)21-10-6-4-7-11-21)18-24-20(2)31-33(23-12-8-5-9-13-23)28(24)35-27-15-14-22(29)17-25(27)30/h4-15,17,26,34H,3,16,18-19H2,1-2H3. The molecule has 1 N–H and O–H groups in total. The first-order chi connectivity index (χ1) is 17.0. The van der Waals surface area contributed by atoms with Crippen LogP contribution >= 0.6 is 0 Å². The van der Waals surface area contributed by atoms with Gasteiger partial charge in [-0.1, -0.05) is 55.5 Å². The van der Waals surface area contributed by atoms with E-state index in [2.05, 4.69) is 16.9 Å². The predicted octanol–water partition coefficient (Wildman–Crippen LogP) is 6.20. The molecule has 1 atom stereocenters. The molecule has 0 radical (unpaired) electrons. The highest BCUT2D eigenvalue weighted by Crippen LogP contribution is 2.33. The molecule has 35 heavy (non-hydrogen) atoms. The molecule has 182 valence electrons. The lowest BCUT2D eigenvalue weighted by atomic mass is 10.1. The van der Waals surface area contributed by atoms with Crippen molar-refractivity contribution in [1.82, 2.24) is 14.7 Å². The number of aromatic nitrogens is 2. The molecule has 0 aliphatic heterocycles. The van der Waals surface area contributed by atoms with Crippen LogP contribution in [0.5, 0.6) is 11.6 Å². The maximum absolute atomic E-state index is 14.5. The first-order valence-corrected chi connectivity index (χ1v) is 11.7. The topological polar surface area (TPSA) is 50.5 Å². The molecule has 4 rings (SSSR count). The Morgan fingerprint density at radius 1 is 1.00 bits per heavy atom. The molecular weight excluding hydrogens is 448 g/mol. The zero-order chi connectivity index (χ0) is 24.8. The number of rotatable bonds is 10. The van der Waals surface area contributed by atoms with Crippen LogP contribution in [0.25, 0.3) is 5.69 Å². The zero-order valence-corrected chi connectivity index (χ0v) is 19.9. The van der Waals surface area contributed by atoms with Gasteiger partial charge in [-0.2, -0.15) is 5.10 Å². The van der Waals surface area contributed by atoms with Gasteiger partial charge in [0.25, 0.3) is 0 Å². The molecule has 0 aliphatic carbocycles. The number of aliphatic hydroxyl groups is 1. The Hall–Kier alpha value is -3.55. The van der Waals surface area contributed by atoms with Gasteiger partial charge in [0.2, 0.25) is 5.88 Å². The third kappa shape index (κ3) is 5.93. The minimum absolute atomic E-state index is 0.0870. The summed E-state index contributed by atoms with van der Waals surface area (Å²) < 4.78 is 35.7. The highest BCUT2D eigenvalue weighted by atomic mass is 19.1. The van der Waals surface area contributed by atoms with Gasteiger partial charge in [-0.05, 0) is 49.7 Å². The van der Waals surface area contributed by atoms with Crippen LogP contribution in [0, 0.1) is 18.6 Å². The van der Waals surface area contributed by atoms with E-state index in [1.807, 2.05) is 67.6 Å². The molecule has 3 aromatic carbocycles. The van der Waals surface area contributed by atoms with E-state index in [9.17, 15) is 13.9 Å². The summed E-state index contributed by atoms with van der Waals surface area (Å²) in [5.41, 5.74) is 3.09. The normalized spacial score (nSPS) is 12.2. The van der Waals surface area contributed by atoms with Crippen molar-refractivity contribution < 1.29 is 18.6 Å². The molecule has 0 aliphatic rings. The van der Waals surface area contributed by atoms with Gasteiger partial charge in [0, 0.05) is 19.2 Å². The van der Waals surface area contributed by atoms with Crippen LogP contribution in [0.15, 0.2) is 78.9 Å². The smallest absolute Gasteiger partial charge is 0.227 e. The van der Waals surface area contributed by atoms with E-state index in [-0.39, 0.29) is 5.75 Å². The Morgan fingerprint density at radius 2 is 1.69 bits per heavy atom. The summed E-state index contributed by atoms with van der Waals surface area (Å²) in [4.78, 5) is 2.13. The quantitative estimate of drug-likeness (QED) is 0.296. The van der Waals surface area contributed by atoms with Crippen molar-refractivity contribution in [2.24, 2.45) is 0 Å². The van der Waals surface area contributed by atoms with Crippen LogP contribution in [0.2, 0.25) is 0 Å². The Kier molecular flexibility index (Phi) is 7.90. The Labute approximate surface area is 204 Å². The monoisotopic (exact) mass is 477 g/mol. The van der Waals surface area contributed by atoms with Crippen molar-refractivity contribution in [3.05, 3.63) is 107 Å². The second-order valence-electron chi connectivity index (χ2n) is 8.45. The van der Waals surface area contributed by atoms with Crippen molar-refractivity contribution >= 4 is 0 Å². The fraction of sp³-hybridized carbons (Fsp3) is 0.250.